The second-order valence-corrected chi connectivity index (χ2v) is 7.53. The lowest BCUT2D eigenvalue weighted by Gasteiger charge is -2.23. The summed E-state index contributed by atoms with van der Waals surface area (Å²) >= 11 is 0. The lowest BCUT2D eigenvalue weighted by Crippen LogP contribution is -2.22. The number of amides is 1. The highest BCUT2D eigenvalue weighted by atomic mass is 16.1. The second kappa shape index (κ2) is 8.35. The molecule has 0 spiro atoms. The summed E-state index contributed by atoms with van der Waals surface area (Å²) in [5.41, 5.74) is 4.72. The van der Waals surface area contributed by atoms with Crippen molar-refractivity contribution in [2.45, 2.75) is 38.5 Å². The van der Waals surface area contributed by atoms with Crippen LogP contribution in [0.1, 0.15) is 51.5 Å². The van der Waals surface area contributed by atoms with Gasteiger partial charge in [0.25, 0.3) is 0 Å². The van der Waals surface area contributed by atoms with Gasteiger partial charge in [-0.15, -0.1) is 0 Å². The summed E-state index contributed by atoms with van der Waals surface area (Å²) in [7, 11) is 0. The molecule has 4 rings (SSSR count). The predicted octanol–water partition coefficient (Wildman–Crippen LogP) is 4.27. The second-order valence-electron chi connectivity index (χ2n) is 7.53. The Hall–Kier alpha value is -3.34. The van der Waals surface area contributed by atoms with E-state index >= 15 is 0 Å². The van der Waals surface area contributed by atoms with Crippen molar-refractivity contribution in [3.05, 3.63) is 88.7 Å². The highest BCUT2D eigenvalue weighted by Gasteiger charge is 2.28. The van der Waals surface area contributed by atoms with Crippen LogP contribution < -0.4 is 5.32 Å². The maximum atomic E-state index is 12.6. The van der Waals surface area contributed by atoms with Crippen LogP contribution in [0.25, 0.3) is 0 Å². The molecule has 0 fully saturated rings. The summed E-state index contributed by atoms with van der Waals surface area (Å²) in [5, 5.41) is 2.77. The Morgan fingerprint density at radius 2 is 1.83 bits per heavy atom. The van der Waals surface area contributed by atoms with E-state index in [1.807, 2.05) is 37.3 Å². The third-order valence-electron chi connectivity index (χ3n) is 5.32. The van der Waals surface area contributed by atoms with Gasteiger partial charge in [-0.05, 0) is 36.8 Å². The summed E-state index contributed by atoms with van der Waals surface area (Å²) in [6.45, 7) is 2.05. The monoisotopic (exact) mass is 385 g/mol. The van der Waals surface area contributed by atoms with Crippen LogP contribution in [0, 0.1) is 6.92 Å². The average molecular weight is 385 g/mol. The Kier molecular flexibility index (Phi) is 5.47. The smallest absolute Gasteiger partial charge is 0.229 e. The first-order chi connectivity index (χ1) is 14.1. The van der Waals surface area contributed by atoms with Gasteiger partial charge in [0, 0.05) is 19.0 Å². The molecule has 0 saturated heterocycles. The van der Waals surface area contributed by atoms with Gasteiger partial charge in [-0.2, -0.15) is 0 Å². The van der Waals surface area contributed by atoms with Gasteiger partial charge in [-0.1, -0.05) is 60.2 Å². The summed E-state index contributed by atoms with van der Waals surface area (Å²) in [5.74, 6) is 0.288. The Balaban J connectivity index is 1.45. The van der Waals surface area contributed by atoms with Crippen molar-refractivity contribution in [1.29, 1.82) is 0 Å². The Labute approximate surface area is 170 Å². The van der Waals surface area contributed by atoms with Crippen molar-refractivity contribution in [2.24, 2.45) is 0 Å². The number of Topliss-reactive ketones (excluding diaryl/α,β-unsaturated/α-hetero) is 1. The van der Waals surface area contributed by atoms with Crippen LogP contribution in [-0.2, 0) is 17.6 Å². The fourth-order valence-electron chi connectivity index (χ4n) is 3.67. The van der Waals surface area contributed by atoms with Crippen molar-refractivity contribution < 1.29 is 9.59 Å². The van der Waals surface area contributed by atoms with Crippen LogP contribution in [0.15, 0.2) is 60.8 Å². The lowest BCUT2D eigenvalue weighted by molar-refractivity contribution is -0.116. The molecule has 1 unspecified atom stereocenters. The van der Waals surface area contributed by atoms with E-state index < -0.39 is 0 Å². The molecule has 5 nitrogen and oxygen atoms in total. The van der Waals surface area contributed by atoms with Crippen LogP contribution >= 0.6 is 0 Å². The van der Waals surface area contributed by atoms with Gasteiger partial charge >= 0.3 is 0 Å². The largest absolute Gasteiger partial charge is 0.295 e. The van der Waals surface area contributed by atoms with Crippen molar-refractivity contribution in [2.75, 3.05) is 5.32 Å². The van der Waals surface area contributed by atoms with Gasteiger partial charge in [0.2, 0.25) is 11.9 Å². The van der Waals surface area contributed by atoms with Crippen molar-refractivity contribution >= 4 is 17.6 Å². The highest BCUT2D eigenvalue weighted by Crippen LogP contribution is 2.32. The summed E-state index contributed by atoms with van der Waals surface area (Å²) in [6.07, 6.45) is 3.69. The summed E-state index contributed by atoms with van der Waals surface area (Å²) < 4.78 is 0. The quantitative estimate of drug-likeness (QED) is 0.712. The molecule has 1 N–H and O–H groups in total. The Bertz CT molecular complexity index is 1030. The van der Waals surface area contributed by atoms with Gasteiger partial charge in [0.05, 0.1) is 11.3 Å². The molecule has 1 aromatic heterocycles. The van der Waals surface area contributed by atoms with E-state index in [0.29, 0.717) is 36.9 Å². The van der Waals surface area contributed by atoms with E-state index in [1.54, 1.807) is 6.20 Å². The number of anilines is 1. The number of nitrogens with one attached hydrogen (secondary N) is 1. The third-order valence-corrected chi connectivity index (χ3v) is 5.32. The highest BCUT2D eigenvalue weighted by molar-refractivity contribution is 5.98. The Morgan fingerprint density at radius 1 is 1.07 bits per heavy atom. The van der Waals surface area contributed by atoms with E-state index in [4.69, 9.17) is 0 Å². The fourth-order valence-corrected chi connectivity index (χ4v) is 3.67. The molecule has 0 aliphatic heterocycles. The van der Waals surface area contributed by atoms with Crippen molar-refractivity contribution in [1.82, 2.24) is 9.97 Å². The molecule has 0 bridgehead atoms. The van der Waals surface area contributed by atoms with Crippen molar-refractivity contribution in [3.63, 3.8) is 0 Å². The average Bonchev–Trinajstić information content (AvgIpc) is 2.73. The molecule has 0 radical (unpaired) electrons. The van der Waals surface area contributed by atoms with Gasteiger partial charge in [0.1, 0.15) is 0 Å². The van der Waals surface area contributed by atoms with Gasteiger partial charge in [-0.25, -0.2) is 9.97 Å². The molecular formula is C24H23N3O2. The zero-order chi connectivity index (χ0) is 20.2. The normalized spacial score (nSPS) is 15.6. The molecule has 1 amide bonds. The molecule has 146 valence electrons. The number of rotatable bonds is 5. The van der Waals surface area contributed by atoms with Crippen molar-refractivity contribution in [3.8, 4) is 0 Å². The number of hydrogen-bond acceptors (Lipinski definition) is 4. The van der Waals surface area contributed by atoms with E-state index in [9.17, 15) is 9.59 Å². The van der Waals surface area contributed by atoms with Crippen LogP contribution in [-0.4, -0.2) is 21.7 Å². The summed E-state index contributed by atoms with van der Waals surface area (Å²) in [6, 6.07) is 18.1. The zero-order valence-corrected chi connectivity index (χ0v) is 16.4. The molecule has 1 heterocycles. The lowest BCUT2D eigenvalue weighted by atomic mass is 9.82. The third kappa shape index (κ3) is 4.57. The molecule has 5 heteroatoms. The van der Waals surface area contributed by atoms with Crippen LogP contribution in [0.3, 0.4) is 0 Å². The van der Waals surface area contributed by atoms with E-state index in [0.717, 1.165) is 11.1 Å². The first-order valence-electron chi connectivity index (χ1n) is 9.88. The number of hydrogen-bond donors (Lipinski definition) is 1. The first kappa shape index (κ1) is 19.0. The number of aromatic nitrogens is 2. The number of ketones is 1. The molecule has 1 atom stereocenters. The van der Waals surface area contributed by atoms with Gasteiger partial charge < -0.3 is 0 Å². The zero-order valence-electron chi connectivity index (χ0n) is 16.4. The topological polar surface area (TPSA) is 72.0 Å². The predicted molar refractivity (Wildman–Crippen MR) is 112 cm³/mol. The number of benzene rings is 2. The Morgan fingerprint density at radius 3 is 2.59 bits per heavy atom. The maximum absolute atomic E-state index is 12.6. The molecule has 1 aliphatic carbocycles. The number of carbonyl (C=O) groups excluding carboxylic acids is 2. The molecule has 0 saturated carbocycles. The summed E-state index contributed by atoms with van der Waals surface area (Å²) in [4.78, 5) is 33.5. The fraction of sp³-hybridized carbons (Fsp3) is 0.250. The molecule has 29 heavy (non-hydrogen) atoms. The SMILES string of the molecule is Cc1ccc(C2CC(=O)c3cnc(NC(=O)CCc4ccccc4)nc3C2)cc1. The van der Waals surface area contributed by atoms with Gasteiger partial charge in [-0.3, -0.25) is 14.9 Å². The number of fused-ring (bicyclic) bond motifs is 1. The molecule has 2 aromatic carbocycles. The number of aryl methyl sites for hydroxylation is 2. The maximum Gasteiger partial charge on any atom is 0.229 e. The minimum absolute atomic E-state index is 0.0544. The minimum atomic E-state index is -0.133. The number of carbonyl (C=O) groups is 2. The van der Waals surface area contributed by atoms with E-state index in [-0.39, 0.29) is 23.6 Å². The van der Waals surface area contributed by atoms with Crippen LogP contribution in [0.2, 0.25) is 0 Å². The van der Waals surface area contributed by atoms with Gasteiger partial charge in [0.15, 0.2) is 5.78 Å². The molecule has 3 aromatic rings. The number of nitrogens with zero attached hydrogens (tertiary/aromatic N) is 2. The van der Waals surface area contributed by atoms with E-state index in [2.05, 4.69) is 39.6 Å². The minimum Gasteiger partial charge on any atom is -0.295 e. The van der Waals surface area contributed by atoms with Crippen LogP contribution in [0.4, 0.5) is 5.95 Å². The first-order valence-corrected chi connectivity index (χ1v) is 9.88. The van der Waals surface area contributed by atoms with Crippen LogP contribution in [0.5, 0.6) is 0 Å². The molecule has 1 aliphatic rings. The van der Waals surface area contributed by atoms with E-state index in [1.165, 1.54) is 5.56 Å². The standard InChI is InChI=1S/C24H23N3O2/c1-16-7-10-18(11-8-16)19-13-21-20(22(28)14-19)15-25-24(26-21)27-23(29)12-9-17-5-3-2-4-6-17/h2-8,10-11,15,19H,9,12-14H2,1H3,(H,25,26,27,29). The molecular weight excluding hydrogens is 362 g/mol.